The van der Waals surface area contributed by atoms with E-state index in [4.69, 9.17) is 30.5 Å². The van der Waals surface area contributed by atoms with E-state index >= 15 is 0 Å². The van der Waals surface area contributed by atoms with E-state index in [9.17, 15) is 13.2 Å². The van der Waals surface area contributed by atoms with Crippen LogP contribution in [-0.2, 0) is 19.5 Å². The minimum absolute atomic E-state index is 0.0594. The zero-order chi connectivity index (χ0) is 41.1. The first-order valence-corrected chi connectivity index (χ1v) is 22.1. The highest BCUT2D eigenvalue weighted by atomic mass is 35.5. The Labute approximate surface area is 351 Å². The van der Waals surface area contributed by atoms with Gasteiger partial charge in [0.15, 0.2) is 0 Å². The molecule has 3 heterocycles. The number of hydrogen-bond donors (Lipinski definition) is 2. The fourth-order valence-electron chi connectivity index (χ4n) is 8.10. The molecule has 2 aliphatic heterocycles. The number of rotatable bonds is 12. The zero-order valence-electron chi connectivity index (χ0n) is 33.8. The molecular weight excluding hydrogens is 788 g/mol. The largest absolute Gasteiger partial charge is 0.491 e. The number of allylic oxidation sites excluding steroid dienone is 1. The van der Waals surface area contributed by atoms with E-state index < -0.39 is 15.9 Å². The van der Waals surface area contributed by atoms with Crippen LogP contribution in [0.4, 0.5) is 5.69 Å². The maximum atomic E-state index is 13.9. The van der Waals surface area contributed by atoms with Crippen LogP contribution in [0.5, 0.6) is 17.2 Å². The number of halogens is 1. The molecule has 1 atom stereocenters. The van der Waals surface area contributed by atoms with Crippen LogP contribution < -0.4 is 19.1 Å². The van der Waals surface area contributed by atoms with Crippen LogP contribution in [0.15, 0.2) is 102 Å². The van der Waals surface area contributed by atoms with Gasteiger partial charge in [-0.2, -0.15) is 0 Å². The molecule has 11 nitrogen and oxygen atoms in total. The van der Waals surface area contributed by atoms with Gasteiger partial charge in [0.2, 0.25) is 0 Å². The van der Waals surface area contributed by atoms with Crippen molar-refractivity contribution in [2.24, 2.45) is 5.41 Å². The number of H-pyrrole nitrogens is 1. The van der Waals surface area contributed by atoms with E-state index in [0.29, 0.717) is 36.9 Å². The molecule has 0 radical (unpaired) electrons. The van der Waals surface area contributed by atoms with Crippen molar-refractivity contribution in [1.29, 1.82) is 0 Å². The molecule has 1 aromatic heterocycles. The van der Waals surface area contributed by atoms with Gasteiger partial charge in [0.1, 0.15) is 30.0 Å². The summed E-state index contributed by atoms with van der Waals surface area (Å²) in [5.74, 6) is 0.498. The van der Waals surface area contributed by atoms with Crippen LogP contribution in [0.25, 0.3) is 16.5 Å². The molecule has 3 aliphatic rings. The number of aromatic amines is 1. The molecule has 1 aliphatic carbocycles. The highest BCUT2D eigenvalue weighted by Crippen LogP contribution is 2.43. The number of nitrogens with zero attached hydrogens (tertiary/aromatic N) is 2. The Morgan fingerprint density at radius 1 is 0.949 bits per heavy atom. The minimum atomic E-state index is -4.26. The second kappa shape index (κ2) is 17.4. The molecule has 0 bridgehead atoms. The van der Waals surface area contributed by atoms with E-state index in [1.54, 1.807) is 19.1 Å². The fourth-order valence-corrected chi connectivity index (χ4v) is 9.28. The number of carbonyl (C=O) groups excluding carboxylic acids is 1. The molecule has 4 aromatic carbocycles. The number of sulfonamides is 1. The highest BCUT2D eigenvalue weighted by Gasteiger charge is 2.30. The normalized spacial score (nSPS) is 18.8. The minimum Gasteiger partial charge on any atom is -0.491 e. The van der Waals surface area contributed by atoms with Gasteiger partial charge in [-0.1, -0.05) is 43.2 Å². The molecule has 2 N–H and O–H groups in total. The summed E-state index contributed by atoms with van der Waals surface area (Å²) in [4.78, 5) is 21.8. The van der Waals surface area contributed by atoms with E-state index in [2.05, 4.69) is 45.5 Å². The first-order valence-electron chi connectivity index (χ1n) is 20.2. The summed E-state index contributed by atoms with van der Waals surface area (Å²) in [5.41, 5.74) is 6.98. The molecule has 310 valence electrons. The lowest BCUT2D eigenvalue weighted by Gasteiger charge is -2.39. The summed E-state index contributed by atoms with van der Waals surface area (Å²) >= 11 is 6.25. The number of aryl methyl sites for hydroxylation is 1. The third-order valence-electron chi connectivity index (χ3n) is 11.5. The van der Waals surface area contributed by atoms with Crippen molar-refractivity contribution in [3.8, 4) is 17.2 Å². The van der Waals surface area contributed by atoms with Gasteiger partial charge < -0.3 is 28.8 Å². The summed E-state index contributed by atoms with van der Waals surface area (Å²) in [7, 11) is -4.26. The van der Waals surface area contributed by atoms with Gasteiger partial charge in [0.25, 0.3) is 15.9 Å². The number of carbonyl (C=O) groups is 1. The predicted molar refractivity (Wildman–Crippen MR) is 231 cm³/mol. The van der Waals surface area contributed by atoms with Crippen LogP contribution in [0, 0.1) is 12.3 Å². The SMILES string of the molecule is Cc1cc(S(=O)(=O)NC(=O)c2ccc(N3CCN(CC4=C(c5ccc(Cl)cc5)CC(C)(C)CC4)CC3)cc2Oc2ccc3[nH]ccc3c2)ccc1OCC1COCCO1. The van der Waals surface area contributed by atoms with E-state index in [1.807, 2.05) is 54.7 Å². The highest BCUT2D eigenvalue weighted by molar-refractivity contribution is 7.90. The average Bonchev–Trinajstić information content (AvgIpc) is 3.70. The van der Waals surface area contributed by atoms with E-state index in [0.717, 1.165) is 73.6 Å². The standard InChI is InChI=1S/C46H51ClN4O7S/c1-31-24-39(10-13-43(31)57-30-38-29-55-22-23-56-38)59(53,54)49-45(52)40-11-8-36(26-44(40)58-37-9-12-42-33(25-37)15-17-48-42)51-20-18-50(19-21-51)28-34-14-16-46(2,3)27-41(34)32-4-6-35(47)7-5-32/h4-13,15,17,24-26,38,48H,14,16,18-23,27-30H2,1-3H3,(H,49,52). The Balaban J connectivity index is 0.986. The number of fused-ring (bicyclic) bond motifs is 1. The zero-order valence-corrected chi connectivity index (χ0v) is 35.3. The van der Waals surface area contributed by atoms with Crippen LogP contribution in [0.2, 0.25) is 5.02 Å². The molecule has 1 unspecified atom stereocenters. The number of aromatic nitrogens is 1. The molecule has 8 rings (SSSR count). The molecule has 0 spiro atoms. The Hall–Kier alpha value is -4.85. The smallest absolute Gasteiger partial charge is 0.268 e. The number of piperazine rings is 1. The molecular formula is C46H51ClN4O7S. The summed E-state index contributed by atoms with van der Waals surface area (Å²) in [6.07, 6.45) is 4.93. The third kappa shape index (κ3) is 9.80. The van der Waals surface area contributed by atoms with E-state index in [1.165, 1.54) is 28.8 Å². The molecule has 59 heavy (non-hydrogen) atoms. The predicted octanol–water partition coefficient (Wildman–Crippen LogP) is 8.62. The lowest BCUT2D eigenvalue weighted by atomic mass is 9.72. The first kappa shape index (κ1) is 40.9. The van der Waals surface area contributed by atoms with Crippen LogP contribution in [-0.4, -0.2) is 89.5 Å². The van der Waals surface area contributed by atoms with Crippen LogP contribution >= 0.6 is 11.6 Å². The Kier molecular flexibility index (Phi) is 12.1. The summed E-state index contributed by atoms with van der Waals surface area (Å²) in [6.45, 7) is 12.5. The average molecular weight is 839 g/mol. The van der Waals surface area contributed by atoms with Crippen molar-refractivity contribution in [3.05, 3.63) is 118 Å². The number of ether oxygens (including phenoxy) is 4. The van der Waals surface area contributed by atoms with Crippen molar-refractivity contribution in [2.75, 3.05) is 64.1 Å². The number of nitrogens with one attached hydrogen (secondary N) is 2. The Morgan fingerprint density at radius 3 is 2.53 bits per heavy atom. The van der Waals surface area contributed by atoms with Gasteiger partial charge in [0.05, 0.1) is 30.3 Å². The number of amides is 1. The monoisotopic (exact) mass is 838 g/mol. The lowest BCUT2D eigenvalue weighted by molar-refractivity contribution is -0.101. The Morgan fingerprint density at radius 2 is 1.76 bits per heavy atom. The lowest BCUT2D eigenvalue weighted by Crippen LogP contribution is -2.47. The quantitative estimate of drug-likeness (QED) is 0.127. The molecule has 2 saturated heterocycles. The first-order chi connectivity index (χ1) is 28.4. The van der Waals surface area contributed by atoms with Crippen molar-refractivity contribution in [1.82, 2.24) is 14.6 Å². The maximum absolute atomic E-state index is 13.9. The molecule has 1 amide bonds. The van der Waals surface area contributed by atoms with Gasteiger partial charge in [-0.15, -0.1) is 0 Å². The van der Waals surface area contributed by atoms with Crippen molar-refractivity contribution in [3.63, 3.8) is 0 Å². The second-order valence-electron chi connectivity index (χ2n) is 16.4. The number of hydrogen-bond acceptors (Lipinski definition) is 9. The van der Waals surface area contributed by atoms with Crippen LogP contribution in [0.3, 0.4) is 0 Å². The van der Waals surface area contributed by atoms with E-state index in [-0.39, 0.29) is 34.3 Å². The fraction of sp³-hybridized carbons (Fsp3) is 0.370. The number of benzene rings is 4. The van der Waals surface area contributed by atoms with Gasteiger partial charge in [-0.3, -0.25) is 9.69 Å². The van der Waals surface area contributed by atoms with Crippen molar-refractivity contribution in [2.45, 2.75) is 51.0 Å². The summed E-state index contributed by atoms with van der Waals surface area (Å²) in [6, 6.07) is 25.6. The van der Waals surface area contributed by atoms with Crippen molar-refractivity contribution >= 4 is 49.7 Å². The molecule has 2 fully saturated rings. The molecule has 0 saturated carbocycles. The molecule has 13 heteroatoms. The van der Waals surface area contributed by atoms with Crippen LogP contribution in [0.1, 0.15) is 54.6 Å². The molecule has 5 aromatic rings. The maximum Gasteiger partial charge on any atom is 0.268 e. The third-order valence-corrected chi connectivity index (χ3v) is 13.1. The summed E-state index contributed by atoms with van der Waals surface area (Å²) in [5, 5.41) is 1.69. The van der Waals surface area contributed by atoms with Gasteiger partial charge in [-0.25, -0.2) is 13.1 Å². The summed E-state index contributed by atoms with van der Waals surface area (Å²) < 4.78 is 52.9. The second-order valence-corrected chi connectivity index (χ2v) is 18.6. The number of anilines is 1. The van der Waals surface area contributed by atoms with Gasteiger partial charge >= 0.3 is 0 Å². The topological polar surface area (TPSA) is 122 Å². The Bertz CT molecular complexity index is 2450. The van der Waals surface area contributed by atoms with Gasteiger partial charge in [0, 0.05) is 66.6 Å². The van der Waals surface area contributed by atoms with Gasteiger partial charge in [-0.05, 0) is 115 Å². The van der Waals surface area contributed by atoms with Crippen molar-refractivity contribution < 1.29 is 32.2 Å².